The monoisotopic (exact) mass is 440 g/mol. The Morgan fingerprint density at radius 2 is 1.32 bits per heavy atom. The molecule has 0 amide bonds. The Bertz CT molecular complexity index is 665. The van der Waals surface area contributed by atoms with Gasteiger partial charge in [0.2, 0.25) is 11.6 Å². The number of hydrogen-bond donors (Lipinski definition) is 0. The molecule has 2 saturated carbocycles. The molecule has 1 aromatic rings. The number of halogens is 3. The summed E-state index contributed by atoms with van der Waals surface area (Å²) in [5.74, 6) is 0.381. The lowest BCUT2D eigenvalue weighted by atomic mass is 9.68. The van der Waals surface area contributed by atoms with Crippen LogP contribution in [0.3, 0.4) is 0 Å². The Balaban J connectivity index is 1.38. The summed E-state index contributed by atoms with van der Waals surface area (Å²) in [5, 5.41) is 0. The predicted octanol–water partition coefficient (Wildman–Crippen LogP) is 7.88. The first kappa shape index (κ1) is 24.3. The molecule has 1 aromatic carbocycles. The highest BCUT2D eigenvalue weighted by Gasteiger charge is 2.31. The van der Waals surface area contributed by atoms with Crippen LogP contribution < -0.4 is 9.47 Å². The summed E-state index contributed by atoms with van der Waals surface area (Å²) in [6.07, 6.45) is 12.1. The van der Waals surface area contributed by atoms with E-state index in [1.807, 2.05) is 0 Å². The van der Waals surface area contributed by atoms with E-state index in [2.05, 4.69) is 6.92 Å². The third-order valence-electron chi connectivity index (χ3n) is 7.47. The molecular formula is C26H39F3O2. The van der Waals surface area contributed by atoms with E-state index in [0.29, 0.717) is 12.3 Å². The van der Waals surface area contributed by atoms with Gasteiger partial charge in [0.15, 0.2) is 11.5 Å². The zero-order chi connectivity index (χ0) is 22.2. The van der Waals surface area contributed by atoms with Crippen LogP contribution in [0.2, 0.25) is 0 Å². The standard InChI is InChI=1S/C26H39F3O2/c1-3-5-18-6-10-20(11-7-18)21-12-8-19(9-13-21)16-22(27)17-31-24-15-14-23(30-4-2)25(28)26(24)29/h14-15,18-22H,3-13,16-17H2,1-2H3. The number of benzene rings is 1. The fourth-order valence-electron chi connectivity index (χ4n) is 5.75. The maximum atomic E-state index is 14.5. The van der Waals surface area contributed by atoms with Gasteiger partial charge in [0.05, 0.1) is 6.61 Å². The minimum atomic E-state index is -1.17. The van der Waals surface area contributed by atoms with Crippen LogP contribution in [0.4, 0.5) is 13.2 Å². The summed E-state index contributed by atoms with van der Waals surface area (Å²) in [7, 11) is 0. The summed E-state index contributed by atoms with van der Waals surface area (Å²) in [4.78, 5) is 0. The van der Waals surface area contributed by atoms with E-state index in [1.54, 1.807) is 6.92 Å². The summed E-state index contributed by atoms with van der Waals surface area (Å²) >= 11 is 0. The van der Waals surface area contributed by atoms with Crippen LogP contribution in [0.15, 0.2) is 12.1 Å². The van der Waals surface area contributed by atoms with Gasteiger partial charge in [0, 0.05) is 0 Å². The average Bonchev–Trinajstić information content (AvgIpc) is 2.78. The van der Waals surface area contributed by atoms with Gasteiger partial charge in [-0.15, -0.1) is 0 Å². The highest BCUT2D eigenvalue weighted by molar-refractivity contribution is 5.35. The molecule has 0 aliphatic heterocycles. The molecule has 2 nitrogen and oxygen atoms in total. The average molecular weight is 441 g/mol. The van der Waals surface area contributed by atoms with E-state index in [0.717, 1.165) is 30.6 Å². The minimum absolute atomic E-state index is 0.153. The molecule has 0 radical (unpaired) electrons. The fraction of sp³-hybridized carbons (Fsp3) is 0.769. The first-order chi connectivity index (χ1) is 15.0. The maximum absolute atomic E-state index is 14.5. The van der Waals surface area contributed by atoms with Gasteiger partial charge in [0.25, 0.3) is 0 Å². The molecule has 176 valence electrons. The van der Waals surface area contributed by atoms with Gasteiger partial charge in [0.1, 0.15) is 12.8 Å². The zero-order valence-corrected chi connectivity index (χ0v) is 19.2. The molecule has 2 fully saturated rings. The molecule has 31 heavy (non-hydrogen) atoms. The van der Waals surface area contributed by atoms with E-state index in [4.69, 9.17) is 9.47 Å². The van der Waals surface area contributed by atoms with Crippen LogP contribution in [0.5, 0.6) is 11.5 Å². The second-order valence-electron chi connectivity index (χ2n) is 9.62. The highest BCUT2D eigenvalue weighted by atomic mass is 19.2. The van der Waals surface area contributed by atoms with Crippen molar-refractivity contribution >= 4 is 0 Å². The lowest BCUT2D eigenvalue weighted by Gasteiger charge is -2.38. The normalized spacial score (nSPS) is 27.6. The van der Waals surface area contributed by atoms with Crippen molar-refractivity contribution in [1.29, 1.82) is 0 Å². The second kappa shape index (κ2) is 12.0. The van der Waals surface area contributed by atoms with Crippen LogP contribution in [-0.4, -0.2) is 19.4 Å². The van der Waals surface area contributed by atoms with E-state index < -0.39 is 17.8 Å². The lowest BCUT2D eigenvalue weighted by Crippen LogP contribution is -2.27. The third-order valence-corrected chi connectivity index (χ3v) is 7.47. The third kappa shape index (κ3) is 6.79. The molecule has 0 bridgehead atoms. The molecule has 2 aliphatic carbocycles. The van der Waals surface area contributed by atoms with Crippen LogP contribution in [0.25, 0.3) is 0 Å². The Labute approximate surface area is 185 Å². The second-order valence-corrected chi connectivity index (χ2v) is 9.62. The van der Waals surface area contributed by atoms with Crippen molar-refractivity contribution in [3.8, 4) is 11.5 Å². The number of ether oxygens (including phenoxy) is 2. The van der Waals surface area contributed by atoms with Gasteiger partial charge in [-0.05, 0) is 74.8 Å². The van der Waals surface area contributed by atoms with Crippen molar-refractivity contribution < 1.29 is 22.6 Å². The maximum Gasteiger partial charge on any atom is 0.204 e. The zero-order valence-electron chi connectivity index (χ0n) is 19.2. The summed E-state index contributed by atoms with van der Waals surface area (Å²) in [5.41, 5.74) is 0. The van der Waals surface area contributed by atoms with Gasteiger partial charge in [-0.2, -0.15) is 8.78 Å². The van der Waals surface area contributed by atoms with Crippen molar-refractivity contribution in [3.05, 3.63) is 23.8 Å². The first-order valence-corrected chi connectivity index (χ1v) is 12.4. The summed E-state index contributed by atoms with van der Waals surface area (Å²) < 4.78 is 52.8. The Morgan fingerprint density at radius 3 is 1.84 bits per heavy atom. The summed E-state index contributed by atoms with van der Waals surface area (Å²) in [6, 6.07) is 2.62. The Kier molecular flexibility index (Phi) is 9.40. The lowest BCUT2D eigenvalue weighted by molar-refractivity contribution is 0.114. The highest BCUT2D eigenvalue weighted by Crippen LogP contribution is 2.43. The molecule has 0 spiro atoms. The van der Waals surface area contributed by atoms with E-state index >= 15 is 0 Å². The van der Waals surface area contributed by atoms with E-state index in [1.165, 1.54) is 63.5 Å². The van der Waals surface area contributed by atoms with Crippen LogP contribution >= 0.6 is 0 Å². The smallest absolute Gasteiger partial charge is 0.204 e. The molecule has 0 saturated heterocycles. The topological polar surface area (TPSA) is 18.5 Å². The SMILES string of the molecule is CCCC1CCC(C2CCC(CC(F)COc3ccc(OCC)c(F)c3F)CC2)CC1. The van der Waals surface area contributed by atoms with Crippen molar-refractivity contribution in [2.75, 3.05) is 13.2 Å². The first-order valence-electron chi connectivity index (χ1n) is 12.4. The van der Waals surface area contributed by atoms with Gasteiger partial charge < -0.3 is 9.47 Å². The predicted molar refractivity (Wildman–Crippen MR) is 118 cm³/mol. The van der Waals surface area contributed by atoms with Crippen LogP contribution in [0, 0.1) is 35.3 Å². The van der Waals surface area contributed by atoms with Crippen LogP contribution in [-0.2, 0) is 0 Å². The molecule has 0 heterocycles. The van der Waals surface area contributed by atoms with Crippen LogP contribution in [0.1, 0.15) is 84.5 Å². The number of alkyl halides is 1. The largest absolute Gasteiger partial charge is 0.491 e. The molecule has 0 N–H and O–H groups in total. The molecule has 5 heteroatoms. The quantitative estimate of drug-likeness (QED) is 0.368. The van der Waals surface area contributed by atoms with E-state index in [-0.39, 0.29) is 24.7 Å². The van der Waals surface area contributed by atoms with Gasteiger partial charge in [-0.25, -0.2) is 4.39 Å². The van der Waals surface area contributed by atoms with Gasteiger partial charge in [-0.1, -0.05) is 45.4 Å². The van der Waals surface area contributed by atoms with Crippen molar-refractivity contribution in [2.24, 2.45) is 23.7 Å². The molecule has 1 atom stereocenters. The number of hydrogen-bond acceptors (Lipinski definition) is 2. The Hall–Kier alpha value is -1.39. The molecule has 0 aromatic heterocycles. The molecule has 1 unspecified atom stereocenters. The van der Waals surface area contributed by atoms with Gasteiger partial charge in [-0.3, -0.25) is 0 Å². The number of rotatable bonds is 10. The van der Waals surface area contributed by atoms with Crippen molar-refractivity contribution in [3.63, 3.8) is 0 Å². The Morgan fingerprint density at radius 1 is 0.806 bits per heavy atom. The summed E-state index contributed by atoms with van der Waals surface area (Å²) in [6.45, 7) is 3.97. The molecular weight excluding hydrogens is 401 g/mol. The molecule has 2 aliphatic rings. The van der Waals surface area contributed by atoms with Crippen molar-refractivity contribution in [1.82, 2.24) is 0 Å². The van der Waals surface area contributed by atoms with E-state index in [9.17, 15) is 13.2 Å². The van der Waals surface area contributed by atoms with Crippen molar-refractivity contribution in [2.45, 2.75) is 90.6 Å². The van der Waals surface area contributed by atoms with Gasteiger partial charge >= 0.3 is 0 Å². The minimum Gasteiger partial charge on any atom is -0.491 e. The molecule has 3 rings (SSSR count). The fourth-order valence-corrected chi connectivity index (χ4v) is 5.75.